The molecule has 0 saturated carbocycles. The lowest BCUT2D eigenvalue weighted by atomic mass is 10.0. The quantitative estimate of drug-likeness (QED) is 0.148. The molecule has 1 spiro atoms. The summed E-state index contributed by atoms with van der Waals surface area (Å²) in [6, 6.07) is 95.8. The summed E-state index contributed by atoms with van der Waals surface area (Å²) < 4.78 is 2.87. The second-order valence-electron chi connectivity index (χ2n) is 17.8. The highest BCUT2D eigenvalue weighted by atomic mass is 15.4. The van der Waals surface area contributed by atoms with Crippen molar-refractivity contribution < 1.29 is 0 Å². The molecule has 318 valence electrons. The minimum Gasteiger partial charge on any atom is -0.310 e. The number of para-hydroxylation sites is 7. The summed E-state index contributed by atoms with van der Waals surface area (Å²) in [5.41, 5.74) is 20.0. The van der Waals surface area contributed by atoms with Crippen LogP contribution in [0.5, 0.6) is 0 Å². The molecule has 3 heterocycles. The van der Waals surface area contributed by atoms with Crippen LogP contribution in [0.25, 0.3) is 60.5 Å². The minimum atomic E-state index is 0.468. The van der Waals surface area contributed by atoms with Crippen LogP contribution < -0.4 is 14.3 Å². The number of hydrogen-bond donors (Lipinski definition) is 0. The smallest absolute Gasteiger partial charge is 0.180 e. The minimum absolute atomic E-state index is 0.468. The van der Waals surface area contributed by atoms with Crippen LogP contribution in [-0.2, 0) is 0 Å². The van der Waals surface area contributed by atoms with E-state index in [1.807, 2.05) is 0 Å². The molecule has 11 aromatic carbocycles. The predicted molar refractivity (Wildman–Crippen MR) is 286 cm³/mol. The van der Waals surface area contributed by atoms with Gasteiger partial charge in [0.25, 0.3) is 0 Å². The standard InChI is InChI=1S/C64H43N4/c1-4-22-45(23-5-1)65(49-38-40-52-51-29-12-15-33-58(51)67(60(52)43-49)47-26-8-3-9-27-47)48-39-41-63-56(42-48)54-31-14-17-37-62(54)68(63)61-36-16-13-30-53(61)55-32-19-35-59(64(55)68)66(46-24-6-2-7-25-46)57-34-18-21-44-20-10-11-28-50(44)57/h1-43H/q+1. The molecule has 12 aromatic rings. The fourth-order valence-corrected chi connectivity index (χ4v) is 11.6. The van der Waals surface area contributed by atoms with Gasteiger partial charge in [0, 0.05) is 62.8 Å². The first kappa shape index (κ1) is 38.3. The van der Waals surface area contributed by atoms with Crippen molar-refractivity contribution in [1.82, 2.24) is 9.05 Å². The normalized spacial score (nSPS) is 14.2. The lowest BCUT2D eigenvalue weighted by Crippen LogP contribution is -2.30. The van der Waals surface area contributed by atoms with Gasteiger partial charge in [-0.25, -0.2) is 0 Å². The average molecular weight is 868 g/mol. The molecule has 4 heteroatoms. The Labute approximate surface area is 395 Å². The largest absolute Gasteiger partial charge is 0.310 e. The van der Waals surface area contributed by atoms with Gasteiger partial charge in [-0.05, 0) is 102 Å². The lowest BCUT2D eigenvalue weighted by Gasteiger charge is -2.36. The van der Waals surface area contributed by atoms with Gasteiger partial charge in [-0.15, -0.1) is 0 Å². The topological polar surface area (TPSA) is 11.4 Å². The van der Waals surface area contributed by atoms with Gasteiger partial charge in [-0.1, -0.05) is 146 Å². The van der Waals surface area contributed by atoms with E-state index in [0.717, 1.165) is 39.8 Å². The van der Waals surface area contributed by atoms with Crippen molar-refractivity contribution in [3.8, 4) is 27.9 Å². The van der Waals surface area contributed by atoms with Gasteiger partial charge in [0.05, 0.1) is 39.0 Å². The number of anilines is 6. The predicted octanol–water partition coefficient (Wildman–Crippen LogP) is 18.1. The fraction of sp³-hybridized carbons (Fsp3) is 0. The van der Waals surface area contributed by atoms with Gasteiger partial charge in [-0.3, -0.25) is 0 Å². The van der Waals surface area contributed by atoms with E-state index in [9.17, 15) is 0 Å². The monoisotopic (exact) mass is 867 g/mol. The van der Waals surface area contributed by atoms with Crippen molar-refractivity contribution in [1.29, 1.82) is 0 Å². The number of hydrogen-bond acceptors (Lipinski definition) is 2. The summed E-state index contributed by atoms with van der Waals surface area (Å²) in [4.78, 5) is 4.91. The Kier molecular flexibility index (Phi) is 8.48. The van der Waals surface area contributed by atoms with E-state index >= 15 is 0 Å². The van der Waals surface area contributed by atoms with Gasteiger partial charge < -0.3 is 14.4 Å². The van der Waals surface area contributed by atoms with E-state index < -0.39 is 0 Å². The van der Waals surface area contributed by atoms with Crippen molar-refractivity contribution in [2.75, 3.05) is 9.80 Å². The Bertz CT molecular complexity index is 3930. The highest BCUT2D eigenvalue weighted by molar-refractivity contribution is 6.16. The van der Waals surface area contributed by atoms with Crippen LogP contribution in [0, 0.1) is 0 Å². The van der Waals surface area contributed by atoms with E-state index in [4.69, 9.17) is 0 Å². The molecule has 1 atom stereocenters. The zero-order valence-corrected chi connectivity index (χ0v) is 37.1. The summed E-state index contributed by atoms with van der Waals surface area (Å²) in [5, 5.41) is 4.88. The molecule has 2 aliphatic heterocycles. The Balaban J connectivity index is 1.02. The molecule has 0 N–H and O–H groups in total. The molecule has 14 rings (SSSR count). The van der Waals surface area contributed by atoms with Crippen molar-refractivity contribution in [3.63, 3.8) is 0 Å². The SMILES string of the molecule is c1ccc(N(c2ccc3c(c2)-c2ccccc2[N+]32c3ccccc3-c3cccc(N(c4ccccc4)c4cccc5ccccc45)c32)c2ccc3c4ccccc4n(-c4ccccc4)c3c2)cc1. The number of nitrogens with zero attached hydrogens (tertiary/aromatic N) is 4. The number of benzene rings is 11. The second-order valence-corrected chi connectivity index (χ2v) is 17.8. The van der Waals surface area contributed by atoms with Gasteiger partial charge in [0.2, 0.25) is 0 Å². The molecule has 2 aliphatic rings. The first-order chi connectivity index (χ1) is 33.8. The summed E-state index contributed by atoms with van der Waals surface area (Å²) in [5.74, 6) is 0. The number of fused-ring (bicyclic) bond motifs is 14. The highest BCUT2D eigenvalue weighted by Crippen LogP contribution is 2.71. The molecule has 0 amide bonds. The maximum Gasteiger partial charge on any atom is 0.180 e. The summed E-state index contributed by atoms with van der Waals surface area (Å²) >= 11 is 0. The number of quaternary nitrogens is 1. The van der Waals surface area contributed by atoms with E-state index in [2.05, 4.69) is 275 Å². The number of rotatable bonds is 7. The molecular weight excluding hydrogens is 825 g/mol. The lowest BCUT2D eigenvalue weighted by molar-refractivity contribution is 0.739. The summed E-state index contributed by atoms with van der Waals surface area (Å²) in [7, 11) is 0. The maximum atomic E-state index is 2.49. The molecule has 0 radical (unpaired) electrons. The molecule has 1 aromatic heterocycles. The van der Waals surface area contributed by atoms with Crippen LogP contribution in [0.3, 0.4) is 0 Å². The first-order valence-corrected chi connectivity index (χ1v) is 23.4. The molecular formula is C64H43N4+. The van der Waals surface area contributed by atoms with Gasteiger partial charge in [0.15, 0.2) is 22.7 Å². The van der Waals surface area contributed by atoms with Gasteiger partial charge in [0.1, 0.15) is 5.69 Å². The van der Waals surface area contributed by atoms with E-state index in [-0.39, 0.29) is 0 Å². The van der Waals surface area contributed by atoms with Crippen LogP contribution in [0.4, 0.5) is 56.9 Å². The third-order valence-electron chi connectivity index (χ3n) is 14.3. The Morgan fingerprint density at radius 3 is 1.57 bits per heavy atom. The third kappa shape index (κ3) is 5.47. The molecule has 68 heavy (non-hydrogen) atoms. The van der Waals surface area contributed by atoms with Gasteiger partial charge >= 0.3 is 0 Å². The van der Waals surface area contributed by atoms with E-state index in [1.165, 1.54) is 77.6 Å². The first-order valence-electron chi connectivity index (χ1n) is 23.4. The Hall–Kier alpha value is -8.96. The van der Waals surface area contributed by atoms with E-state index in [1.54, 1.807) is 0 Å². The third-order valence-corrected chi connectivity index (χ3v) is 14.3. The van der Waals surface area contributed by atoms with Crippen molar-refractivity contribution in [2.24, 2.45) is 0 Å². The van der Waals surface area contributed by atoms with Crippen LogP contribution in [-0.4, -0.2) is 4.57 Å². The molecule has 0 saturated heterocycles. The maximum absolute atomic E-state index is 2.49. The van der Waals surface area contributed by atoms with E-state index in [0.29, 0.717) is 4.48 Å². The van der Waals surface area contributed by atoms with Crippen LogP contribution in [0.15, 0.2) is 261 Å². The van der Waals surface area contributed by atoms with Crippen LogP contribution in [0.2, 0.25) is 0 Å². The molecule has 4 nitrogen and oxygen atoms in total. The fourth-order valence-electron chi connectivity index (χ4n) is 11.6. The van der Waals surface area contributed by atoms with Crippen molar-refractivity contribution >= 4 is 89.5 Å². The summed E-state index contributed by atoms with van der Waals surface area (Å²) in [6.07, 6.45) is 0. The van der Waals surface area contributed by atoms with Crippen molar-refractivity contribution in [2.45, 2.75) is 0 Å². The zero-order chi connectivity index (χ0) is 44.8. The highest BCUT2D eigenvalue weighted by Gasteiger charge is 2.56. The van der Waals surface area contributed by atoms with Gasteiger partial charge in [-0.2, -0.15) is 4.48 Å². The zero-order valence-electron chi connectivity index (χ0n) is 37.1. The molecule has 0 aliphatic carbocycles. The van der Waals surface area contributed by atoms with Crippen LogP contribution in [0.1, 0.15) is 0 Å². The summed E-state index contributed by atoms with van der Waals surface area (Å²) in [6.45, 7) is 0. The average Bonchev–Trinajstić information content (AvgIpc) is 4.01. The molecule has 0 fully saturated rings. The molecule has 0 bridgehead atoms. The second kappa shape index (κ2) is 15.0. The Morgan fingerprint density at radius 2 is 0.809 bits per heavy atom. The van der Waals surface area contributed by atoms with Crippen molar-refractivity contribution in [3.05, 3.63) is 261 Å². The molecule has 1 unspecified atom stereocenters. The Morgan fingerprint density at radius 1 is 0.294 bits per heavy atom. The number of aromatic nitrogens is 1. The van der Waals surface area contributed by atoms with Crippen LogP contribution >= 0.6 is 0 Å².